The molecule has 2 nitrogen and oxygen atoms in total. The van der Waals surface area contributed by atoms with E-state index in [-0.39, 0.29) is 18.9 Å². The van der Waals surface area contributed by atoms with Gasteiger partial charge in [-0.05, 0) is 18.0 Å². The van der Waals surface area contributed by atoms with E-state index in [2.05, 4.69) is 11.9 Å². The van der Waals surface area contributed by atoms with E-state index in [0.29, 0.717) is 5.56 Å². The molecule has 0 aliphatic heterocycles. The number of rotatable bonds is 0. The maximum absolute atomic E-state index is 8.39. The minimum absolute atomic E-state index is 0. The smallest absolute Gasteiger partial charge is 0.290 e. The van der Waals surface area contributed by atoms with E-state index in [1.54, 1.807) is 12.3 Å². The standard InChI is InChI=1S/C7H5N2.Li/c1-6-2-3-9-5-7(6)4-8;/h2-3,5H,1H2;/q-1;+1. The number of pyridine rings is 1. The summed E-state index contributed by atoms with van der Waals surface area (Å²) in [6.45, 7) is 3.63. The summed E-state index contributed by atoms with van der Waals surface area (Å²) in [4.78, 5) is 3.75. The molecule has 3 heteroatoms. The van der Waals surface area contributed by atoms with Crippen LogP contribution in [0.25, 0.3) is 0 Å². The van der Waals surface area contributed by atoms with Crippen molar-refractivity contribution in [1.29, 1.82) is 5.26 Å². The fourth-order valence-electron chi connectivity index (χ4n) is 0.524. The zero-order valence-corrected chi connectivity index (χ0v) is 5.83. The molecule has 0 saturated carbocycles. The van der Waals surface area contributed by atoms with Gasteiger partial charge in [-0.1, -0.05) is 0 Å². The Morgan fingerprint density at radius 3 is 2.70 bits per heavy atom. The van der Waals surface area contributed by atoms with Crippen molar-refractivity contribution in [3.63, 3.8) is 0 Å². The first-order valence-electron chi connectivity index (χ1n) is 2.50. The number of aromatic nitrogens is 1. The molecule has 1 heterocycles. The molecular formula is C7H5LiN2. The van der Waals surface area contributed by atoms with Crippen molar-refractivity contribution in [3.8, 4) is 6.07 Å². The van der Waals surface area contributed by atoms with Crippen LogP contribution < -0.4 is 18.9 Å². The van der Waals surface area contributed by atoms with Crippen LogP contribution in [0, 0.1) is 18.3 Å². The zero-order valence-electron chi connectivity index (χ0n) is 5.83. The maximum Gasteiger partial charge on any atom is 1.00 e. The van der Waals surface area contributed by atoms with Crippen molar-refractivity contribution in [2.24, 2.45) is 0 Å². The molecule has 0 aliphatic carbocycles. The van der Waals surface area contributed by atoms with Gasteiger partial charge in [-0.3, -0.25) is 4.98 Å². The molecule has 1 aromatic rings. The van der Waals surface area contributed by atoms with Crippen LogP contribution in [0.5, 0.6) is 0 Å². The van der Waals surface area contributed by atoms with Crippen molar-refractivity contribution in [2.45, 2.75) is 0 Å². The third-order valence-corrected chi connectivity index (χ3v) is 1.03. The van der Waals surface area contributed by atoms with Gasteiger partial charge in [0, 0.05) is 6.07 Å². The predicted molar refractivity (Wildman–Crippen MR) is 33.4 cm³/mol. The van der Waals surface area contributed by atoms with Gasteiger partial charge in [0.05, 0.1) is 0 Å². The van der Waals surface area contributed by atoms with Gasteiger partial charge in [-0.15, -0.1) is 6.07 Å². The minimum Gasteiger partial charge on any atom is -0.290 e. The molecule has 0 atom stereocenters. The van der Waals surface area contributed by atoms with Crippen molar-refractivity contribution >= 4 is 0 Å². The molecule has 0 N–H and O–H groups in total. The average molecular weight is 124 g/mol. The van der Waals surface area contributed by atoms with E-state index in [9.17, 15) is 0 Å². The van der Waals surface area contributed by atoms with Crippen molar-refractivity contribution in [1.82, 2.24) is 4.98 Å². The van der Waals surface area contributed by atoms with Crippen LogP contribution >= 0.6 is 0 Å². The van der Waals surface area contributed by atoms with Gasteiger partial charge in [-0.25, -0.2) is 5.26 Å². The van der Waals surface area contributed by atoms with Crippen LogP contribution in [0.3, 0.4) is 0 Å². The molecule has 0 aliphatic rings. The van der Waals surface area contributed by atoms with Crippen LogP contribution in [-0.2, 0) is 0 Å². The SMILES string of the molecule is [CH2-]c1ccncc1C#N.[Li+]. The van der Waals surface area contributed by atoms with Crippen molar-refractivity contribution < 1.29 is 18.9 Å². The second-order valence-corrected chi connectivity index (χ2v) is 1.64. The van der Waals surface area contributed by atoms with Crippen LogP contribution in [-0.4, -0.2) is 4.98 Å². The molecule has 0 amide bonds. The third-order valence-electron chi connectivity index (χ3n) is 1.03. The number of nitrogens with zero attached hydrogens (tertiary/aromatic N) is 2. The van der Waals surface area contributed by atoms with Gasteiger partial charge < -0.3 is 0 Å². The summed E-state index contributed by atoms with van der Waals surface area (Å²) >= 11 is 0. The van der Waals surface area contributed by atoms with Gasteiger partial charge in [0.25, 0.3) is 0 Å². The van der Waals surface area contributed by atoms with Gasteiger partial charge in [0.2, 0.25) is 0 Å². The Bertz CT molecular complexity index is 252. The topological polar surface area (TPSA) is 36.7 Å². The van der Waals surface area contributed by atoms with E-state index >= 15 is 0 Å². The molecule has 0 aromatic carbocycles. The van der Waals surface area contributed by atoms with E-state index in [4.69, 9.17) is 5.26 Å². The van der Waals surface area contributed by atoms with E-state index in [1.165, 1.54) is 6.20 Å². The quantitative estimate of drug-likeness (QED) is 0.300. The van der Waals surface area contributed by atoms with Crippen LogP contribution in [0.4, 0.5) is 0 Å². The monoisotopic (exact) mass is 124 g/mol. The molecule has 0 radical (unpaired) electrons. The summed E-state index contributed by atoms with van der Waals surface area (Å²) in [6, 6.07) is 3.68. The summed E-state index contributed by atoms with van der Waals surface area (Å²) in [5.74, 6) is 0. The van der Waals surface area contributed by atoms with Gasteiger partial charge in [0.1, 0.15) is 0 Å². The second kappa shape index (κ2) is 4.01. The first-order chi connectivity index (χ1) is 4.34. The second-order valence-electron chi connectivity index (χ2n) is 1.64. The van der Waals surface area contributed by atoms with Crippen molar-refractivity contribution in [2.75, 3.05) is 0 Å². The molecule has 0 spiro atoms. The molecule has 44 valence electrons. The van der Waals surface area contributed by atoms with Crippen LogP contribution in [0.2, 0.25) is 0 Å². The first kappa shape index (κ1) is 9.11. The summed E-state index contributed by atoms with van der Waals surface area (Å²) in [5.41, 5.74) is 1.27. The summed E-state index contributed by atoms with van der Waals surface area (Å²) in [5, 5.41) is 8.39. The van der Waals surface area contributed by atoms with Gasteiger partial charge in [0.15, 0.2) is 0 Å². The van der Waals surface area contributed by atoms with Crippen LogP contribution in [0.15, 0.2) is 18.5 Å². The Kier molecular flexibility index (Phi) is 3.65. The number of nitriles is 1. The molecule has 0 fully saturated rings. The normalized spacial score (nSPS) is 7.50. The summed E-state index contributed by atoms with van der Waals surface area (Å²) < 4.78 is 0. The van der Waals surface area contributed by atoms with Crippen LogP contribution in [0.1, 0.15) is 11.1 Å². The minimum atomic E-state index is 0. The Labute approximate surface area is 72.1 Å². The van der Waals surface area contributed by atoms with E-state index in [1.807, 2.05) is 6.07 Å². The number of hydrogen-bond acceptors (Lipinski definition) is 2. The molecule has 1 aromatic heterocycles. The predicted octanol–water partition coefficient (Wildman–Crippen LogP) is -1.86. The Morgan fingerprint density at radius 1 is 1.60 bits per heavy atom. The van der Waals surface area contributed by atoms with Crippen molar-refractivity contribution in [3.05, 3.63) is 36.5 Å². The first-order valence-corrected chi connectivity index (χ1v) is 2.50. The molecule has 0 unspecified atom stereocenters. The van der Waals surface area contributed by atoms with Gasteiger partial charge >= 0.3 is 18.9 Å². The molecular weight excluding hydrogens is 119 g/mol. The third kappa shape index (κ3) is 1.81. The maximum atomic E-state index is 8.39. The molecule has 10 heavy (non-hydrogen) atoms. The number of hydrogen-bond donors (Lipinski definition) is 0. The van der Waals surface area contributed by atoms with E-state index in [0.717, 1.165) is 5.56 Å². The molecule has 0 saturated heterocycles. The zero-order chi connectivity index (χ0) is 6.69. The fourth-order valence-corrected chi connectivity index (χ4v) is 0.524. The fraction of sp³-hybridized carbons (Fsp3) is 0. The molecule has 0 bridgehead atoms. The summed E-state index contributed by atoms with van der Waals surface area (Å²) in [7, 11) is 0. The largest absolute Gasteiger partial charge is 1.00 e. The summed E-state index contributed by atoms with van der Waals surface area (Å²) in [6.07, 6.45) is 3.12. The van der Waals surface area contributed by atoms with E-state index < -0.39 is 0 Å². The Morgan fingerprint density at radius 2 is 2.30 bits per heavy atom. The average Bonchev–Trinajstić information content (AvgIpc) is 1.89. The van der Waals surface area contributed by atoms with Gasteiger partial charge in [-0.2, -0.15) is 12.5 Å². The Hall–Kier alpha value is -0.893. The Balaban J connectivity index is 0.000000810. The molecule has 1 rings (SSSR count).